The standard InChI is InChI=1S/C18H27NO3S/c1-3-10-18(21-13-14-22-18)11-8-16(9-12-20)19-23-17-6-4-15(2)5-7-17/h4-7,12,16,19H,3,8-11,13-14H2,1-2H3/t16-/m0/s1. The number of carbonyl (C=O) groups excluding carboxylic acids is 1. The van der Waals surface area contributed by atoms with E-state index in [9.17, 15) is 4.79 Å². The molecule has 0 radical (unpaired) electrons. The van der Waals surface area contributed by atoms with Gasteiger partial charge in [-0.15, -0.1) is 0 Å². The van der Waals surface area contributed by atoms with Crippen LogP contribution in [-0.2, 0) is 14.3 Å². The highest BCUT2D eigenvalue weighted by molar-refractivity contribution is 7.97. The zero-order chi connectivity index (χ0) is 16.5. The maximum Gasteiger partial charge on any atom is 0.168 e. The molecule has 1 aromatic rings. The summed E-state index contributed by atoms with van der Waals surface area (Å²) in [6, 6.07) is 8.49. The molecular weight excluding hydrogens is 310 g/mol. The molecular formula is C18H27NO3S. The molecule has 1 aliphatic rings. The van der Waals surface area contributed by atoms with Gasteiger partial charge in [-0.2, -0.15) is 0 Å². The average molecular weight is 337 g/mol. The zero-order valence-electron chi connectivity index (χ0n) is 14.0. The Morgan fingerprint density at radius 3 is 2.57 bits per heavy atom. The van der Waals surface area contributed by atoms with Crippen molar-refractivity contribution in [1.82, 2.24) is 4.72 Å². The van der Waals surface area contributed by atoms with E-state index >= 15 is 0 Å². The van der Waals surface area contributed by atoms with Crippen molar-refractivity contribution < 1.29 is 14.3 Å². The predicted molar refractivity (Wildman–Crippen MR) is 93.4 cm³/mol. The maximum atomic E-state index is 11.0. The minimum Gasteiger partial charge on any atom is -0.348 e. The van der Waals surface area contributed by atoms with E-state index < -0.39 is 5.79 Å². The fourth-order valence-corrected chi connectivity index (χ4v) is 3.57. The Morgan fingerprint density at radius 2 is 1.96 bits per heavy atom. The van der Waals surface area contributed by atoms with E-state index in [2.05, 4.69) is 42.8 Å². The van der Waals surface area contributed by atoms with Gasteiger partial charge in [-0.3, -0.25) is 4.72 Å². The van der Waals surface area contributed by atoms with Gasteiger partial charge in [-0.1, -0.05) is 31.0 Å². The largest absolute Gasteiger partial charge is 0.348 e. The van der Waals surface area contributed by atoms with E-state index in [1.54, 1.807) is 11.9 Å². The van der Waals surface area contributed by atoms with Gasteiger partial charge in [-0.25, -0.2) is 0 Å². The Morgan fingerprint density at radius 1 is 1.26 bits per heavy atom. The molecule has 23 heavy (non-hydrogen) atoms. The highest BCUT2D eigenvalue weighted by Crippen LogP contribution is 2.31. The van der Waals surface area contributed by atoms with Gasteiger partial charge < -0.3 is 14.3 Å². The van der Waals surface area contributed by atoms with Gasteiger partial charge in [0, 0.05) is 30.2 Å². The number of nitrogens with one attached hydrogen (secondary N) is 1. The van der Waals surface area contributed by atoms with Crippen LogP contribution in [0.4, 0.5) is 0 Å². The Bertz CT molecular complexity index is 472. The normalized spacial score (nSPS) is 18.0. The van der Waals surface area contributed by atoms with Crippen molar-refractivity contribution in [3.05, 3.63) is 29.8 Å². The summed E-state index contributed by atoms with van der Waals surface area (Å²) >= 11 is 1.58. The molecule has 0 unspecified atom stereocenters. The predicted octanol–water partition coefficient (Wildman–Crippen LogP) is 3.87. The lowest BCUT2D eigenvalue weighted by Crippen LogP contribution is -2.33. The molecule has 5 heteroatoms. The van der Waals surface area contributed by atoms with Gasteiger partial charge in [-0.05, 0) is 37.4 Å². The van der Waals surface area contributed by atoms with Crippen molar-refractivity contribution in [2.45, 2.75) is 62.7 Å². The van der Waals surface area contributed by atoms with Crippen LogP contribution in [0.25, 0.3) is 0 Å². The monoisotopic (exact) mass is 337 g/mol. The Labute approximate surface area is 143 Å². The number of carbonyl (C=O) groups is 1. The van der Waals surface area contributed by atoms with Crippen LogP contribution in [0.5, 0.6) is 0 Å². The van der Waals surface area contributed by atoms with Crippen LogP contribution in [0.2, 0.25) is 0 Å². The molecule has 1 fully saturated rings. The molecule has 0 bridgehead atoms. The van der Waals surface area contributed by atoms with E-state index in [1.165, 1.54) is 5.56 Å². The summed E-state index contributed by atoms with van der Waals surface area (Å²) < 4.78 is 15.1. The first-order chi connectivity index (χ1) is 11.2. The van der Waals surface area contributed by atoms with Crippen LogP contribution in [0.15, 0.2) is 29.2 Å². The van der Waals surface area contributed by atoms with Gasteiger partial charge in [0.1, 0.15) is 6.29 Å². The van der Waals surface area contributed by atoms with Crippen LogP contribution < -0.4 is 4.72 Å². The number of rotatable bonds is 10. The summed E-state index contributed by atoms with van der Waals surface area (Å²) in [4.78, 5) is 12.1. The van der Waals surface area contributed by atoms with Gasteiger partial charge in [0.15, 0.2) is 5.79 Å². The van der Waals surface area contributed by atoms with Gasteiger partial charge in [0.25, 0.3) is 0 Å². The summed E-state index contributed by atoms with van der Waals surface area (Å²) in [7, 11) is 0. The molecule has 0 amide bonds. The first-order valence-corrected chi connectivity index (χ1v) is 9.20. The van der Waals surface area contributed by atoms with Crippen molar-refractivity contribution in [2.75, 3.05) is 13.2 Å². The summed E-state index contributed by atoms with van der Waals surface area (Å²) in [5.41, 5.74) is 1.25. The molecule has 1 aromatic carbocycles. The third-order valence-electron chi connectivity index (χ3n) is 4.06. The van der Waals surface area contributed by atoms with Crippen molar-refractivity contribution in [3.8, 4) is 0 Å². The Balaban J connectivity index is 1.85. The third kappa shape index (κ3) is 5.92. The smallest absolute Gasteiger partial charge is 0.168 e. The molecule has 0 spiro atoms. The summed E-state index contributed by atoms with van der Waals surface area (Å²) in [6.45, 7) is 5.56. The third-order valence-corrected chi connectivity index (χ3v) is 5.02. The zero-order valence-corrected chi connectivity index (χ0v) is 14.9. The molecule has 0 saturated carbocycles. The molecule has 2 rings (SSSR count). The molecule has 1 atom stereocenters. The quantitative estimate of drug-likeness (QED) is 0.519. The lowest BCUT2D eigenvalue weighted by atomic mass is 10.0. The van der Waals surface area contributed by atoms with Crippen molar-refractivity contribution in [1.29, 1.82) is 0 Å². The van der Waals surface area contributed by atoms with Crippen LogP contribution >= 0.6 is 11.9 Å². The fraction of sp³-hybridized carbons (Fsp3) is 0.611. The second kappa shape index (κ2) is 9.42. The Kier molecular flexibility index (Phi) is 7.56. The number of hydrogen-bond acceptors (Lipinski definition) is 5. The van der Waals surface area contributed by atoms with Gasteiger partial charge in [0.2, 0.25) is 0 Å². The van der Waals surface area contributed by atoms with E-state index in [-0.39, 0.29) is 6.04 Å². The lowest BCUT2D eigenvalue weighted by Gasteiger charge is -2.28. The first kappa shape index (κ1) is 18.5. The second-order valence-corrected chi connectivity index (χ2v) is 6.94. The summed E-state index contributed by atoms with van der Waals surface area (Å²) in [6.07, 6.45) is 5.10. The SMILES string of the molecule is CCCC1(CC[C@@H](CC=O)NSc2ccc(C)cc2)OCCO1. The maximum absolute atomic E-state index is 11.0. The highest BCUT2D eigenvalue weighted by Gasteiger charge is 2.35. The number of aldehydes is 1. The number of benzene rings is 1. The molecule has 1 heterocycles. The molecule has 1 N–H and O–H groups in total. The van der Waals surface area contributed by atoms with Crippen LogP contribution in [0.1, 0.15) is 44.6 Å². The minimum atomic E-state index is -0.438. The summed E-state index contributed by atoms with van der Waals surface area (Å²) in [5, 5.41) is 0. The average Bonchev–Trinajstić information content (AvgIpc) is 3.01. The topological polar surface area (TPSA) is 47.6 Å². The van der Waals surface area contributed by atoms with Crippen LogP contribution in [0.3, 0.4) is 0 Å². The molecule has 4 nitrogen and oxygen atoms in total. The van der Waals surface area contributed by atoms with E-state index in [1.807, 2.05) is 0 Å². The molecule has 0 aromatic heterocycles. The molecule has 1 saturated heterocycles. The first-order valence-electron chi connectivity index (χ1n) is 8.38. The van der Waals surface area contributed by atoms with Crippen molar-refractivity contribution >= 4 is 18.2 Å². The van der Waals surface area contributed by atoms with Gasteiger partial charge in [0.05, 0.1) is 13.2 Å². The molecule has 128 valence electrons. The molecule has 0 aliphatic carbocycles. The lowest BCUT2D eigenvalue weighted by molar-refractivity contribution is -0.168. The second-order valence-electron chi connectivity index (χ2n) is 6.03. The number of ether oxygens (including phenoxy) is 2. The van der Waals surface area contributed by atoms with Crippen molar-refractivity contribution in [2.24, 2.45) is 0 Å². The number of hydrogen-bond donors (Lipinski definition) is 1. The highest BCUT2D eigenvalue weighted by atomic mass is 32.2. The van der Waals surface area contributed by atoms with Gasteiger partial charge >= 0.3 is 0 Å². The van der Waals surface area contributed by atoms with E-state index in [4.69, 9.17) is 9.47 Å². The van der Waals surface area contributed by atoms with Crippen LogP contribution in [0, 0.1) is 6.92 Å². The molecule has 1 aliphatic heterocycles. The summed E-state index contributed by atoms with van der Waals surface area (Å²) in [5.74, 6) is -0.438. The fourth-order valence-electron chi connectivity index (χ4n) is 2.78. The van der Waals surface area contributed by atoms with Crippen LogP contribution in [-0.4, -0.2) is 31.3 Å². The Hall–Kier alpha value is -0.880. The van der Waals surface area contributed by atoms with Crippen molar-refractivity contribution in [3.63, 3.8) is 0 Å². The van der Waals surface area contributed by atoms with E-state index in [0.717, 1.165) is 36.9 Å². The number of aryl methyl sites for hydroxylation is 1. The minimum absolute atomic E-state index is 0.125. The van der Waals surface area contributed by atoms with E-state index in [0.29, 0.717) is 19.6 Å².